The zero-order chi connectivity index (χ0) is 9.84. The van der Waals surface area contributed by atoms with Crippen molar-refractivity contribution in [2.75, 3.05) is 7.11 Å². The van der Waals surface area contributed by atoms with Crippen molar-refractivity contribution in [3.63, 3.8) is 0 Å². The van der Waals surface area contributed by atoms with Gasteiger partial charge in [-0.25, -0.2) is 0 Å². The molecule has 0 unspecified atom stereocenters. The molecule has 1 aromatic rings. The number of methoxy groups -OCH3 is 1. The lowest BCUT2D eigenvalue weighted by molar-refractivity contribution is 0.367. The molecule has 0 amide bonds. The molecule has 0 bridgehead atoms. The SMILES string of the molecule is COC(=C(C)C)c1ccc(Br)cc1. The number of ether oxygens (including phenoxy) is 1. The summed E-state index contributed by atoms with van der Waals surface area (Å²) in [7, 11) is 1.70. The zero-order valence-electron chi connectivity index (χ0n) is 8.10. The van der Waals surface area contributed by atoms with E-state index in [0.717, 1.165) is 15.8 Å². The minimum Gasteiger partial charge on any atom is -0.496 e. The summed E-state index contributed by atoms with van der Waals surface area (Å²) in [6, 6.07) is 8.10. The molecule has 1 rings (SSSR count). The van der Waals surface area contributed by atoms with Gasteiger partial charge in [0.15, 0.2) is 0 Å². The molecule has 1 nitrogen and oxygen atoms in total. The van der Waals surface area contributed by atoms with Gasteiger partial charge in [0.25, 0.3) is 0 Å². The van der Waals surface area contributed by atoms with E-state index in [4.69, 9.17) is 4.74 Å². The van der Waals surface area contributed by atoms with Gasteiger partial charge >= 0.3 is 0 Å². The van der Waals surface area contributed by atoms with Gasteiger partial charge in [0, 0.05) is 10.0 Å². The maximum absolute atomic E-state index is 5.30. The fourth-order valence-corrected chi connectivity index (χ4v) is 1.48. The molecular formula is C11H13BrO. The van der Waals surface area contributed by atoms with E-state index in [-0.39, 0.29) is 0 Å². The monoisotopic (exact) mass is 240 g/mol. The lowest BCUT2D eigenvalue weighted by atomic mass is 10.1. The number of rotatable bonds is 2. The van der Waals surface area contributed by atoms with Gasteiger partial charge in [-0.05, 0) is 31.6 Å². The Hall–Kier alpha value is -0.760. The molecule has 0 saturated carbocycles. The second kappa shape index (κ2) is 4.47. The molecule has 0 spiro atoms. The summed E-state index contributed by atoms with van der Waals surface area (Å²) in [5.41, 5.74) is 2.30. The number of benzene rings is 1. The quantitative estimate of drug-likeness (QED) is 0.714. The summed E-state index contributed by atoms with van der Waals surface area (Å²) >= 11 is 3.40. The topological polar surface area (TPSA) is 9.23 Å². The smallest absolute Gasteiger partial charge is 0.124 e. The minimum absolute atomic E-state index is 0.951. The fourth-order valence-electron chi connectivity index (χ4n) is 1.21. The summed E-state index contributed by atoms with van der Waals surface area (Å²) in [6.07, 6.45) is 0. The summed E-state index contributed by atoms with van der Waals surface area (Å²) in [5.74, 6) is 0.951. The zero-order valence-corrected chi connectivity index (χ0v) is 9.68. The van der Waals surface area contributed by atoms with E-state index in [9.17, 15) is 0 Å². The van der Waals surface area contributed by atoms with Crippen LogP contribution in [-0.4, -0.2) is 7.11 Å². The van der Waals surface area contributed by atoms with E-state index in [1.54, 1.807) is 7.11 Å². The number of allylic oxidation sites excluding steroid dienone is 1. The average molecular weight is 241 g/mol. The second-order valence-corrected chi connectivity index (χ2v) is 3.96. The predicted molar refractivity (Wildman–Crippen MR) is 59.4 cm³/mol. The third-order valence-electron chi connectivity index (χ3n) is 1.76. The van der Waals surface area contributed by atoms with Crippen LogP contribution in [0.1, 0.15) is 19.4 Å². The van der Waals surface area contributed by atoms with Gasteiger partial charge in [0.1, 0.15) is 5.76 Å². The fraction of sp³-hybridized carbons (Fsp3) is 0.273. The summed E-state index contributed by atoms with van der Waals surface area (Å²) in [5, 5.41) is 0. The van der Waals surface area contributed by atoms with Gasteiger partial charge in [-0.15, -0.1) is 0 Å². The molecule has 0 atom stereocenters. The lowest BCUT2D eigenvalue weighted by Gasteiger charge is -2.08. The van der Waals surface area contributed by atoms with E-state index in [1.165, 1.54) is 5.57 Å². The van der Waals surface area contributed by atoms with Crippen molar-refractivity contribution in [3.05, 3.63) is 39.9 Å². The molecule has 70 valence electrons. The molecule has 0 radical (unpaired) electrons. The molecule has 0 aliphatic rings. The molecule has 0 N–H and O–H groups in total. The first-order chi connectivity index (χ1) is 6.15. The van der Waals surface area contributed by atoms with E-state index in [0.29, 0.717) is 0 Å². The number of hydrogen-bond acceptors (Lipinski definition) is 1. The van der Waals surface area contributed by atoms with E-state index in [1.807, 2.05) is 38.1 Å². The third kappa shape index (κ3) is 2.59. The van der Waals surface area contributed by atoms with Crippen molar-refractivity contribution in [2.45, 2.75) is 13.8 Å². The highest BCUT2D eigenvalue weighted by molar-refractivity contribution is 9.10. The molecule has 0 fully saturated rings. The minimum atomic E-state index is 0.951. The molecule has 13 heavy (non-hydrogen) atoms. The molecule has 0 heterocycles. The summed E-state index contributed by atoms with van der Waals surface area (Å²) in [4.78, 5) is 0. The van der Waals surface area contributed by atoms with Crippen LogP contribution in [0.2, 0.25) is 0 Å². The standard InChI is InChI=1S/C11H13BrO/c1-8(2)11(13-3)9-4-6-10(12)7-5-9/h4-7H,1-3H3. The van der Waals surface area contributed by atoms with Crippen LogP contribution in [0.15, 0.2) is 34.3 Å². The van der Waals surface area contributed by atoms with Crippen LogP contribution in [0.4, 0.5) is 0 Å². The number of hydrogen-bond donors (Lipinski definition) is 0. The first-order valence-corrected chi connectivity index (χ1v) is 4.92. The van der Waals surface area contributed by atoms with E-state index < -0.39 is 0 Å². The largest absolute Gasteiger partial charge is 0.496 e. The maximum Gasteiger partial charge on any atom is 0.124 e. The Bertz CT molecular complexity index is 307. The van der Waals surface area contributed by atoms with Crippen LogP contribution in [0.5, 0.6) is 0 Å². The van der Waals surface area contributed by atoms with Crippen molar-refractivity contribution in [1.82, 2.24) is 0 Å². The van der Waals surface area contributed by atoms with Crippen molar-refractivity contribution in [3.8, 4) is 0 Å². The number of halogens is 1. The highest BCUT2D eigenvalue weighted by atomic mass is 79.9. The first-order valence-electron chi connectivity index (χ1n) is 4.12. The van der Waals surface area contributed by atoms with Gasteiger partial charge in [-0.2, -0.15) is 0 Å². The molecule has 0 aliphatic carbocycles. The summed E-state index contributed by atoms with van der Waals surface area (Å²) in [6.45, 7) is 4.09. The van der Waals surface area contributed by atoms with Gasteiger partial charge < -0.3 is 4.74 Å². The van der Waals surface area contributed by atoms with Crippen LogP contribution in [0.3, 0.4) is 0 Å². The Kier molecular flexibility index (Phi) is 3.55. The molecule has 0 aromatic heterocycles. The Morgan fingerprint density at radius 1 is 1.15 bits per heavy atom. The van der Waals surface area contributed by atoms with E-state index in [2.05, 4.69) is 15.9 Å². The summed E-state index contributed by atoms with van der Waals surface area (Å²) < 4.78 is 6.39. The van der Waals surface area contributed by atoms with Crippen LogP contribution < -0.4 is 0 Å². The molecule has 1 aromatic carbocycles. The molecule has 2 heteroatoms. The Morgan fingerprint density at radius 3 is 2.08 bits per heavy atom. The average Bonchev–Trinajstić information content (AvgIpc) is 2.09. The highest BCUT2D eigenvalue weighted by Crippen LogP contribution is 2.21. The normalized spacial score (nSPS) is 9.54. The van der Waals surface area contributed by atoms with Gasteiger partial charge in [0.05, 0.1) is 7.11 Å². The lowest BCUT2D eigenvalue weighted by Crippen LogP contribution is -1.89. The van der Waals surface area contributed by atoms with Crippen LogP contribution in [0, 0.1) is 0 Å². The van der Waals surface area contributed by atoms with Crippen molar-refractivity contribution < 1.29 is 4.74 Å². The Morgan fingerprint density at radius 2 is 1.69 bits per heavy atom. The van der Waals surface area contributed by atoms with Crippen LogP contribution in [0.25, 0.3) is 5.76 Å². The Labute approximate surface area is 87.5 Å². The molecule has 0 saturated heterocycles. The molecular weight excluding hydrogens is 228 g/mol. The third-order valence-corrected chi connectivity index (χ3v) is 2.29. The van der Waals surface area contributed by atoms with Gasteiger partial charge in [-0.1, -0.05) is 28.1 Å². The maximum atomic E-state index is 5.30. The van der Waals surface area contributed by atoms with Crippen molar-refractivity contribution in [1.29, 1.82) is 0 Å². The van der Waals surface area contributed by atoms with Crippen molar-refractivity contribution in [2.24, 2.45) is 0 Å². The second-order valence-electron chi connectivity index (χ2n) is 3.04. The highest BCUT2D eigenvalue weighted by Gasteiger charge is 2.02. The van der Waals surface area contributed by atoms with Crippen LogP contribution >= 0.6 is 15.9 Å². The first kappa shape index (κ1) is 10.3. The van der Waals surface area contributed by atoms with Crippen LogP contribution in [-0.2, 0) is 4.74 Å². The molecule has 0 aliphatic heterocycles. The van der Waals surface area contributed by atoms with Crippen molar-refractivity contribution >= 4 is 21.7 Å². The van der Waals surface area contributed by atoms with E-state index >= 15 is 0 Å². The van der Waals surface area contributed by atoms with Gasteiger partial charge in [-0.3, -0.25) is 0 Å². The van der Waals surface area contributed by atoms with Gasteiger partial charge in [0.2, 0.25) is 0 Å². The predicted octanol–water partition coefficient (Wildman–Crippen LogP) is 3.85. The Balaban J connectivity index is 3.07.